The van der Waals surface area contributed by atoms with E-state index in [9.17, 15) is 18.0 Å². The van der Waals surface area contributed by atoms with Crippen molar-refractivity contribution >= 4 is 33.3 Å². The standard InChI is InChI=1S/C16H22ClN3O4S/c1-19-6-8-20(9-7-19)16(22)12-18-15(21)5-10-25(23,24)14-4-2-3-13(17)11-14/h2-4,11H,5-10,12H2,1H3,(H,18,21). The Hall–Kier alpha value is -1.64. The molecule has 0 unspecified atom stereocenters. The summed E-state index contributed by atoms with van der Waals surface area (Å²) in [6.45, 7) is 2.76. The first-order valence-electron chi connectivity index (χ1n) is 7.99. The zero-order valence-corrected chi connectivity index (χ0v) is 15.6. The third-order valence-electron chi connectivity index (χ3n) is 4.05. The molecule has 2 amide bonds. The first-order chi connectivity index (χ1) is 11.8. The zero-order chi connectivity index (χ0) is 18.4. The molecular formula is C16H22ClN3O4S. The Labute approximate surface area is 152 Å². The third-order valence-corrected chi connectivity index (χ3v) is 5.99. The van der Waals surface area contributed by atoms with Gasteiger partial charge in [0, 0.05) is 37.6 Å². The third kappa shape index (κ3) is 5.98. The van der Waals surface area contributed by atoms with E-state index in [1.807, 2.05) is 7.05 Å². The summed E-state index contributed by atoms with van der Waals surface area (Å²) in [4.78, 5) is 27.8. The van der Waals surface area contributed by atoms with Gasteiger partial charge in [-0.05, 0) is 25.2 Å². The molecule has 1 heterocycles. The van der Waals surface area contributed by atoms with Crippen molar-refractivity contribution < 1.29 is 18.0 Å². The molecule has 1 fully saturated rings. The van der Waals surface area contributed by atoms with Gasteiger partial charge in [-0.3, -0.25) is 9.59 Å². The number of carbonyl (C=O) groups excluding carboxylic acids is 2. The summed E-state index contributed by atoms with van der Waals surface area (Å²) in [6, 6.07) is 5.92. The number of carbonyl (C=O) groups is 2. The second-order valence-electron chi connectivity index (χ2n) is 5.99. The summed E-state index contributed by atoms with van der Waals surface area (Å²) in [6.07, 6.45) is -0.204. The maximum atomic E-state index is 12.2. The average Bonchev–Trinajstić information content (AvgIpc) is 2.58. The van der Waals surface area contributed by atoms with Crippen LogP contribution in [0.3, 0.4) is 0 Å². The number of likely N-dealkylation sites (N-methyl/N-ethyl adjacent to an activating group) is 1. The fourth-order valence-corrected chi connectivity index (χ4v) is 3.97. The van der Waals surface area contributed by atoms with Gasteiger partial charge in [-0.15, -0.1) is 0 Å². The minimum absolute atomic E-state index is 0.0845. The molecule has 0 spiro atoms. The van der Waals surface area contributed by atoms with E-state index in [0.29, 0.717) is 18.1 Å². The minimum atomic E-state index is -3.59. The van der Waals surface area contributed by atoms with Gasteiger partial charge in [0.1, 0.15) is 0 Å². The molecule has 1 N–H and O–H groups in total. The first kappa shape index (κ1) is 19.7. The SMILES string of the molecule is CN1CCN(C(=O)CNC(=O)CCS(=O)(=O)c2cccc(Cl)c2)CC1. The van der Waals surface area contributed by atoms with Crippen LogP contribution in [0.1, 0.15) is 6.42 Å². The van der Waals surface area contributed by atoms with Gasteiger partial charge in [0.2, 0.25) is 11.8 Å². The smallest absolute Gasteiger partial charge is 0.242 e. The van der Waals surface area contributed by atoms with Crippen molar-refractivity contribution in [1.82, 2.24) is 15.1 Å². The van der Waals surface area contributed by atoms with Gasteiger partial charge in [0.05, 0.1) is 17.2 Å². The van der Waals surface area contributed by atoms with Crippen LogP contribution in [0.5, 0.6) is 0 Å². The molecule has 7 nitrogen and oxygen atoms in total. The van der Waals surface area contributed by atoms with Crippen molar-refractivity contribution in [1.29, 1.82) is 0 Å². The first-order valence-corrected chi connectivity index (χ1v) is 10.0. The molecule has 1 aromatic carbocycles. The number of rotatable bonds is 6. The topological polar surface area (TPSA) is 86.8 Å². The van der Waals surface area contributed by atoms with Gasteiger partial charge < -0.3 is 15.1 Å². The number of halogens is 1. The highest BCUT2D eigenvalue weighted by Gasteiger charge is 2.20. The lowest BCUT2D eigenvalue weighted by Crippen LogP contribution is -2.50. The maximum absolute atomic E-state index is 12.2. The molecule has 2 rings (SSSR count). The summed E-state index contributed by atoms with van der Waals surface area (Å²) in [7, 11) is -1.60. The monoisotopic (exact) mass is 387 g/mol. The largest absolute Gasteiger partial charge is 0.347 e. The number of amides is 2. The maximum Gasteiger partial charge on any atom is 0.242 e. The molecule has 1 aliphatic heterocycles. The fraction of sp³-hybridized carbons (Fsp3) is 0.500. The Morgan fingerprint density at radius 1 is 1.20 bits per heavy atom. The van der Waals surface area contributed by atoms with Crippen LogP contribution in [-0.4, -0.2) is 75.6 Å². The number of benzene rings is 1. The van der Waals surface area contributed by atoms with E-state index in [-0.39, 0.29) is 29.5 Å². The number of piperazine rings is 1. The van der Waals surface area contributed by atoms with Crippen molar-refractivity contribution in [2.24, 2.45) is 0 Å². The Morgan fingerprint density at radius 3 is 2.52 bits per heavy atom. The summed E-state index contributed by atoms with van der Waals surface area (Å²) >= 11 is 5.79. The second-order valence-corrected chi connectivity index (χ2v) is 8.53. The second kappa shape index (κ2) is 8.64. The molecule has 1 aromatic rings. The van der Waals surface area contributed by atoms with Crippen molar-refractivity contribution in [2.45, 2.75) is 11.3 Å². The molecule has 1 saturated heterocycles. The van der Waals surface area contributed by atoms with Gasteiger partial charge in [-0.1, -0.05) is 17.7 Å². The van der Waals surface area contributed by atoms with Gasteiger partial charge in [0.15, 0.2) is 9.84 Å². The van der Waals surface area contributed by atoms with Crippen LogP contribution >= 0.6 is 11.6 Å². The van der Waals surface area contributed by atoms with E-state index in [0.717, 1.165) is 13.1 Å². The summed E-state index contributed by atoms with van der Waals surface area (Å²) in [5.41, 5.74) is 0. The molecule has 0 saturated carbocycles. The van der Waals surface area contributed by atoms with Crippen molar-refractivity contribution in [3.63, 3.8) is 0 Å². The van der Waals surface area contributed by atoms with Gasteiger partial charge in [-0.25, -0.2) is 8.42 Å². The summed E-state index contributed by atoms with van der Waals surface area (Å²) < 4.78 is 24.4. The summed E-state index contributed by atoms with van der Waals surface area (Å²) in [5, 5.41) is 2.81. The highest BCUT2D eigenvalue weighted by atomic mass is 35.5. The Bertz CT molecular complexity index is 731. The van der Waals surface area contributed by atoms with Crippen molar-refractivity contribution in [2.75, 3.05) is 45.5 Å². The molecular weight excluding hydrogens is 366 g/mol. The number of nitrogens with one attached hydrogen (secondary N) is 1. The lowest BCUT2D eigenvalue weighted by Gasteiger charge is -2.32. The normalized spacial score (nSPS) is 15.8. The predicted octanol–water partition coefficient (Wildman–Crippen LogP) is 0.394. The Balaban J connectivity index is 1.77. The molecule has 1 aliphatic rings. The number of hydrogen-bond acceptors (Lipinski definition) is 5. The van der Waals surface area contributed by atoms with Crippen LogP contribution in [-0.2, 0) is 19.4 Å². The van der Waals surface area contributed by atoms with E-state index in [4.69, 9.17) is 11.6 Å². The average molecular weight is 388 g/mol. The molecule has 0 bridgehead atoms. The minimum Gasteiger partial charge on any atom is -0.347 e. The van der Waals surface area contributed by atoms with E-state index in [1.165, 1.54) is 12.1 Å². The van der Waals surface area contributed by atoms with Crippen LogP contribution < -0.4 is 5.32 Å². The molecule has 138 valence electrons. The molecule has 9 heteroatoms. The van der Waals surface area contributed by atoms with E-state index >= 15 is 0 Å². The van der Waals surface area contributed by atoms with Gasteiger partial charge in [0.25, 0.3) is 0 Å². The zero-order valence-electron chi connectivity index (χ0n) is 14.1. The molecule has 0 atom stereocenters. The summed E-state index contributed by atoms with van der Waals surface area (Å²) in [5.74, 6) is -0.950. The highest BCUT2D eigenvalue weighted by molar-refractivity contribution is 7.91. The van der Waals surface area contributed by atoms with Crippen LogP contribution in [0.15, 0.2) is 29.2 Å². The van der Waals surface area contributed by atoms with Gasteiger partial charge >= 0.3 is 0 Å². The van der Waals surface area contributed by atoms with Crippen molar-refractivity contribution in [3.05, 3.63) is 29.3 Å². The Kier molecular flexibility index (Phi) is 6.80. The van der Waals surface area contributed by atoms with E-state index in [2.05, 4.69) is 10.2 Å². The van der Waals surface area contributed by atoms with Gasteiger partial charge in [-0.2, -0.15) is 0 Å². The quantitative estimate of drug-likeness (QED) is 0.763. The fourth-order valence-electron chi connectivity index (χ4n) is 2.44. The highest BCUT2D eigenvalue weighted by Crippen LogP contribution is 2.17. The molecule has 0 aromatic heterocycles. The van der Waals surface area contributed by atoms with Crippen LogP contribution in [0.2, 0.25) is 5.02 Å². The number of sulfone groups is 1. The number of nitrogens with zero attached hydrogens (tertiary/aromatic N) is 2. The lowest BCUT2D eigenvalue weighted by molar-refractivity contribution is -0.134. The predicted molar refractivity (Wildman–Crippen MR) is 95.2 cm³/mol. The van der Waals surface area contributed by atoms with E-state index < -0.39 is 15.7 Å². The number of hydrogen-bond donors (Lipinski definition) is 1. The molecule has 0 aliphatic carbocycles. The Morgan fingerprint density at radius 2 is 1.88 bits per heavy atom. The van der Waals surface area contributed by atoms with E-state index in [1.54, 1.807) is 17.0 Å². The molecule has 25 heavy (non-hydrogen) atoms. The van der Waals surface area contributed by atoms with Crippen LogP contribution in [0, 0.1) is 0 Å². The lowest BCUT2D eigenvalue weighted by atomic mass is 10.3. The van der Waals surface area contributed by atoms with Crippen molar-refractivity contribution in [3.8, 4) is 0 Å². The van der Waals surface area contributed by atoms with Crippen LogP contribution in [0.25, 0.3) is 0 Å². The molecule has 0 radical (unpaired) electrons. The van der Waals surface area contributed by atoms with Crippen LogP contribution in [0.4, 0.5) is 0 Å².